The van der Waals surface area contributed by atoms with Crippen LogP contribution in [0.3, 0.4) is 0 Å². The fraction of sp³-hybridized carbons (Fsp3) is 0.533. The van der Waals surface area contributed by atoms with Crippen molar-refractivity contribution in [3.05, 3.63) is 27.1 Å². The van der Waals surface area contributed by atoms with E-state index in [-0.39, 0.29) is 17.6 Å². The highest BCUT2D eigenvalue weighted by molar-refractivity contribution is 7.20. The van der Waals surface area contributed by atoms with E-state index in [0.29, 0.717) is 33.8 Å². The predicted molar refractivity (Wildman–Crippen MR) is 87.6 cm³/mol. The largest absolute Gasteiger partial charge is 0.379 e. The number of aryl methyl sites for hydroxylation is 2. The summed E-state index contributed by atoms with van der Waals surface area (Å²) in [5, 5.41) is 3.39. The Bertz CT molecular complexity index is 733. The molecule has 2 aromatic rings. The average molecular weight is 323 g/mol. The third-order valence-electron chi connectivity index (χ3n) is 3.27. The Morgan fingerprint density at radius 1 is 1.50 bits per heavy atom. The van der Waals surface area contributed by atoms with E-state index in [1.165, 1.54) is 22.2 Å². The lowest BCUT2D eigenvalue weighted by Gasteiger charge is -2.08. The van der Waals surface area contributed by atoms with E-state index in [4.69, 9.17) is 4.74 Å². The van der Waals surface area contributed by atoms with Crippen LogP contribution in [0, 0.1) is 6.92 Å². The molecule has 0 aliphatic heterocycles. The van der Waals surface area contributed by atoms with Gasteiger partial charge < -0.3 is 14.6 Å². The zero-order valence-electron chi connectivity index (χ0n) is 13.3. The molecule has 1 amide bonds. The summed E-state index contributed by atoms with van der Waals surface area (Å²) in [7, 11) is 1.65. The number of nitrogens with one attached hydrogen (secondary N) is 1. The maximum absolute atomic E-state index is 12.3. The molecule has 0 spiro atoms. The molecule has 0 fully saturated rings. The molecule has 0 aliphatic carbocycles. The van der Waals surface area contributed by atoms with E-state index in [1.807, 2.05) is 13.8 Å². The second kappa shape index (κ2) is 7.02. The maximum Gasteiger partial charge on any atom is 0.262 e. The average Bonchev–Trinajstić information content (AvgIpc) is 2.80. The van der Waals surface area contributed by atoms with Gasteiger partial charge in [-0.2, -0.15) is 0 Å². The van der Waals surface area contributed by atoms with Gasteiger partial charge in [-0.3, -0.25) is 9.59 Å². The molecular weight excluding hydrogens is 302 g/mol. The summed E-state index contributed by atoms with van der Waals surface area (Å²) >= 11 is 1.26. The van der Waals surface area contributed by atoms with Gasteiger partial charge in [0, 0.05) is 20.2 Å². The first-order chi connectivity index (χ1) is 10.4. The molecule has 6 nitrogen and oxygen atoms in total. The van der Waals surface area contributed by atoms with E-state index >= 15 is 0 Å². The van der Waals surface area contributed by atoms with Crippen LogP contribution in [0.25, 0.3) is 10.2 Å². The first kappa shape index (κ1) is 16.6. The summed E-state index contributed by atoms with van der Waals surface area (Å²) in [6.45, 7) is 6.91. The minimum absolute atomic E-state index is 0.122. The molecule has 0 radical (unpaired) electrons. The SMILES string of the molecule is Cc1c(C(=O)NCCCOC(C)C)sc2ncn(C)c(=O)c12. The number of carbonyl (C=O) groups is 1. The minimum atomic E-state index is -0.160. The van der Waals surface area contributed by atoms with E-state index in [9.17, 15) is 9.59 Å². The topological polar surface area (TPSA) is 73.2 Å². The van der Waals surface area contributed by atoms with Gasteiger partial charge >= 0.3 is 0 Å². The maximum atomic E-state index is 12.3. The van der Waals surface area contributed by atoms with Gasteiger partial charge in [-0.1, -0.05) is 0 Å². The molecule has 0 atom stereocenters. The second-order valence-corrected chi connectivity index (χ2v) is 6.43. The van der Waals surface area contributed by atoms with Crippen molar-refractivity contribution < 1.29 is 9.53 Å². The van der Waals surface area contributed by atoms with Gasteiger partial charge in [-0.25, -0.2) is 4.98 Å². The van der Waals surface area contributed by atoms with Crippen molar-refractivity contribution in [1.82, 2.24) is 14.9 Å². The highest BCUT2D eigenvalue weighted by atomic mass is 32.1. The van der Waals surface area contributed by atoms with Crippen molar-refractivity contribution in [2.75, 3.05) is 13.2 Å². The van der Waals surface area contributed by atoms with Crippen molar-refractivity contribution in [1.29, 1.82) is 0 Å². The van der Waals surface area contributed by atoms with Crippen LogP contribution in [0.5, 0.6) is 0 Å². The third-order valence-corrected chi connectivity index (χ3v) is 4.47. The van der Waals surface area contributed by atoms with Gasteiger partial charge in [-0.05, 0) is 32.8 Å². The van der Waals surface area contributed by atoms with Gasteiger partial charge in [0.15, 0.2) is 0 Å². The van der Waals surface area contributed by atoms with E-state index in [1.54, 1.807) is 14.0 Å². The lowest BCUT2D eigenvalue weighted by molar-refractivity contribution is 0.0757. The molecule has 0 saturated carbocycles. The third kappa shape index (κ3) is 3.53. The molecule has 120 valence electrons. The summed E-state index contributed by atoms with van der Waals surface area (Å²) in [6, 6.07) is 0. The van der Waals surface area contributed by atoms with Crippen LogP contribution >= 0.6 is 11.3 Å². The summed E-state index contributed by atoms with van der Waals surface area (Å²) in [5.41, 5.74) is 0.577. The Hall–Kier alpha value is -1.73. The van der Waals surface area contributed by atoms with Gasteiger partial charge in [0.05, 0.1) is 22.7 Å². The lowest BCUT2D eigenvalue weighted by Crippen LogP contribution is -2.25. The summed E-state index contributed by atoms with van der Waals surface area (Å²) in [6.07, 6.45) is 2.43. The Morgan fingerprint density at radius 2 is 2.23 bits per heavy atom. The zero-order chi connectivity index (χ0) is 16.3. The standard InChI is InChI=1S/C15H21N3O3S/c1-9(2)21-7-5-6-16-13(19)12-10(3)11-14(22-12)17-8-18(4)15(11)20/h8-9H,5-7H2,1-4H3,(H,16,19). The number of thiophene rings is 1. The highest BCUT2D eigenvalue weighted by Crippen LogP contribution is 2.26. The van der Waals surface area contributed by atoms with Crippen molar-refractivity contribution in [3.63, 3.8) is 0 Å². The molecule has 0 saturated heterocycles. The fourth-order valence-corrected chi connectivity index (χ4v) is 3.15. The Morgan fingerprint density at radius 3 is 2.91 bits per heavy atom. The molecule has 0 bridgehead atoms. The van der Waals surface area contributed by atoms with Gasteiger partial charge in [-0.15, -0.1) is 11.3 Å². The van der Waals surface area contributed by atoms with Crippen LogP contribution in [-0.2, 0) is 11.8 Å². The van der Waals surface area contributed by atoms with Gasteiger partial charge in [0.1, 0.15) is 4.83 Å². The zero-order valence-corrected chi connectivity index (χ0v) is 14.1. The van der Waals surface area contributed by atoms with Crippen molar-refractivity contribution in [2.24, 2.45) is 7.05 Å². The number of hydrogen-bond donors (Lipinski definition) is 1. The van der Waals surface area contributed by atoms with Crippen LogP contribution in [0.4, 0.5) is 0 Å². The molecule has 2 aromatic heterocycles. The number of carbonyl (C=O) groups excluding carboxylic acids is 1. The van der Waals surface area contributed by atoms with E-state index in [0.717, 1.165) is 6.42 Å². The van der Waals surface area contributed by atoms with Gasteiger partial charge in [0.25, 0.3) is 11.5 Å². The predicted octanol–water partition coefficient (Wildman–Crippen LogP) is 1.85. The first-order valence-corrected chi connectivity index (χ1v) is 8.08. The quantitative estimate of drug-likeness (QED) is 0.823. The molecule has 0 aromatic carbocycles. The smallest absolute Gasteiger partial charge is 0.262 e. The van der Waals surface area contributed by atoms with Crippen LogP contribution in [0.2, 0.25) is 0 Å². The van der Waals surface area contributed by atoms with Gasteiger partial charge in [0.2, 0.25) is 0 Å². The number of aromatic nitrogens is 2. The monoisotopic (exact) mass is 323 g/mol. The molecular formula is C15H21N3O3S. The van der Waals surface area contributed by atoms with Crippen LogP contribution in [0.1, 0.15) is 35.5 Å². The fourth-order valence-electron chi connectivity index (χ4n) is 2.10. The Kier molecular flexibility index (Phi) is 5.31. The summed E-state index contributed by atoms with van der Waals surface area (Å²) in [5.74, 6) is -0.160. The normalized spacial score (nSPS) is 11.3. The van der Waals surface area contributed by atoms with Crippen LogP contribution < -0.4 is 10.9 Å². The molecule has 7 heteroatoms. The molecule has 0 aliphatic rings. The minimum Gasteiger partial charge on any atom is -0.379 e. The first-order valence-electron chi connectivity index (χ1n) is 7.26. The summed E-state index contributed by atoms with van der Waals surface area (Å²) < 4.78 is 6.85. The summed E-state index contributed by atoms with van der Waals surface area (Å²) in [4.78, 5) is 29.8. The second-order valence-electron chi connectivity index (χ2n) is 5.43. The van der Waals surface area contributed by atoms with E-state index < -0.39 is 0 Å². The molecule has 2 rings (SSSR count). The number of rotatable bonds is 6. The lowest BCUT2D eigenvalue weighted by atomic mass is 10.2. The van der Waals surface area contributed by atoms with Crippen molar-refractivity contribution in [3.8, 4) is 0 Å². The number of fused-ring (bicyclic) bond motifs is 1. The van der Waals surface area contributed by atoms with Crippen LogP contribution in [0.15, 0.2) is 11.1 Å². The highest BCUT2D eigenvalue weighted by Gasteiger charge is 2.18. The Labute approximate surface area is 133 Å². The van der Waals surface area contributed by atoms with Crippen molar-refractivity contribution in [2.45, 2.75) is 33.3 Å². The molecule has 22 heavy (non-hydrogen) atoms. The number of nitrogens with zero attached hydrogens (tertiary/aromatic N) is 2. The molecule has 2 heterocycles. The number of ether oxygens (including phenoxy) is 1. The van der Waals surface area contributed by atoms with Crippen molar-refractivity contribution >= 4 is 27.5 Å². The molecule has 0 unspecified atom stereocenters. The molecule has 1 N–H and O–H groups in total. The Balaban J connectivity index is 2.08. The van der Waals surface area contributed by atoms with E-state index in [2.05, 4.69) is 10.3 Å². The number of hydrogen-bond acceptors (Lipinski definition) is 5. The van der Waals surface area contributed by atoms with Crippen LogP contribution in [-0.4, -0.2) is 34.7 Å². The number of amides is 1.